The van der Waals surface area contributed by atoms with Gasteiger partial charge >= 0.3 is 16.4 Å². The monoisotopic (exact) mass is 829 g/mol. The lowest BCUT2D eigenvalue weighted by atomic mass is 9.99. The highest BCUT2D eigenvalue weighted by molar-refractivity contribution is 7.80. The molecule has 4 N–H and O–H groups in total. The second kappa shape index (κ2) is 35.7. The summed E-state index contributed by atoms with van der Waals surface area (Å²) in [6.45, 7) is 3.75. The van der Waals surface area contributed by atoms with Crippen LogP contribution < -0.4 is 0 Å². The molecule has 0 aromatic heterocycles. The number of carbonyl (C=O) groups is 1. The van der Waals surface area contributed by atoms with Gasteiger partial charge in [0, 0.05) is 13.0 Å². The summed E-state index contributed by atoms with van der Waals surface area (Å²) in [7, 11) is -5.07. The Morgan fingerprint density at radius 2 is 1.21 bits per heavy atom. The molecule has 0 aliphatic carbocycles. The summed E-state index contributed by atoms with van der Waals surface area (Å²) in [5, 5.41) is 30.6. The van der Waals surface area contributed by atoms with E-state index in [9.17, 15) is 28.5 Å². The van der Waals surface area contributed by atoms with Gasteiger partial charge in [0.05, 0.1) is 19.8 Å². The smallest absolute Gasteiger partial charge is 0.397 e. The van der Waals surface area contributed by atoms with Crippen molar-refractivity contribution in [3.8, 4) is 0 Å². The van der Waals surface area contributed by atoms with Crippen molar-refractivity contribution in [1.82, 2.24) is 0 Å². The van der Waals surface area contributed by atoms with Crippen molar-refractivity contribution in [2.45, 2.75) is 185 Å². The van der Waals surface area contributed by atoms with Crippen LogP contribution >= 0.6 is 0 Å². The Bertz CT molecular complexity index is 1230. The minimum atomic E-state index is -5.07. The summed E-state index contributed by atoms with van der Waals surface area (Å²) in [5.41, 5.74) is 0. The molecule has 6 unspecified atom stereocenters. The van der Waals surface area contributed by atoms with E-state index >= 15 is 0 Å². The first-order chi connectivity index (χ1) is 27.6. The van der Waals surface area contributed by atoms with Gasteiger partial charge in [-0.1, -0.05) is 126 Å². The van der Waals surface area contributed by atoms with Crippen LogP contribution in [0.3, 0.4) is 0 Å². The van der Waals surface area contributed by atoms with Crippen LogP contribution in [0.5, 0.6) is 0 Å². The first-order valence-electron chi connectivity index (χ1n) is 21.5. The molecular formula is C44H76O12S. The molecule has 0 aromatic rings. The number of rotatable bonds is 36. The molecule has 0 spiro atoms. The van der Waals surface area contributed by atoms with Crippen LogP contribution in [0.1, 0.15) is 149 Å². The quantitative estimate of drug-likeness (QED) is 0.0205. The van der Waals surface area contributed by atoms with Gasteiger partial charge in [-0.2, -0.15) is 8.42 Å². The van der Waals surface area contributed by atoms with Gasteiger partial charge in [-0.3, -0.25) is 9.35 Å². The van der Waals surface area contributed by atoms with Crippen molar-refractivity contribution in [1.29, 1.82) is 0 Å². The molecule has 13 heteroatoms. The fourth-order valence-electron chi connectivity index (χ4n) is 6.13. The number of ether oxygens (including phenoxy) is 4. The van der Waals surface area contributed by atoms with Crippen molar-refractivity contribution >= 4 is 16.4 Å². The summed E-state index contributed by atoms with van der Waals surface area (Å²) in [4.78, 5) is 12.8. The Morgan fingerprint density at radius 3 is 1.79 bits per heavy atom. The molecule has 0 radical (unpaired) electrons. The lowest BCUT2D eigenvalue weighted by Gasteiger charge is -2.41. The van der Waals surface area contributed by atoms with Gasteiger partial charge in [0.25, 0.3) is 0 Å². The second-order valence-electron chi connectivity index (χ2n) is 14.5. The molecule has 1 aliphatic heterocycles. The lowest BCUT2D eigenvalue weighted by Crippen LogP contribution is -2.60. The molecule has 0 aromatic carbocycles. The summed E-state index contributed by atoms with van der Waals surface area (Å²) >= 11 is 0. The topological polar surface area (TPSA) is 178 Å². The first-order valence-corrected chi connectivity index (χ1v) is 22.9. The van der Waals surface area contributed by atoms with E-state index in [2.05, 4.69) is 78.8 Å². The number of esters is 1. The third-order valence-corrected chi connectivity index (χ3v) is 9.84. The van der Waals surface area contributed by atoms with E-state index in [1.54, 1.807) is 0 Å². The Kier molecular flexibility index (Phi) is 33.1. The van der Waals surface area contributed by atoms with Crippen LogP contribution in [0.15, 0.2) is 60.8 Å². The maximum absolute atomic E-state index is 12.8. The Morgan fingerprint density at radius 1 is 0.684 bits per heavy atom. The summed E-state index contributed by atoms with van der Waals surface area (Å²) in [5.74, 6) is -0.423. The predicted octanol–water partition coefficient (Wildman–Crippen LogP) is 8.57. The van der Waals surface area contributed by atoms with E-state index in [1.807, 2.05) is 0 Å². The van der Waals surface area contributed by atoms with Crippen LogP contribution in [0.25, 0.3) is 0 Å². The van der Waals surface area contributed by atoms with Crippen LogP contribution in [-0.2, 0) is 38.3 Å². The maximum atomic E-state index is 12.8. The third-order valence-electron chi connectivity index (χ3n) is 9.37. The zero-order valence-corrected chi connectivity index (χ0v) is 35.7. The second-order valence-corrected chi connectivity index (χ2v) is 15.6. The molecule has 0 saturated carbocycles. The van der Waals surface area contributed by atoms with Gasteiger partial charge in [-0.25, -0.2) is 4.18 Å². The van der Waals surface area contributed by atoms with Crippen molar-refractivity contribution in [3.63, 3.8) is 0 Å². The minimum Gasteiger partial charge on any atom is -0.457 e. The van der Waals surface area contributed by atoms with Crippen molar-refractivity contribution in [2.75, 3.05) is 26.4 Å². The predicted molar refractivity (Wildman–Crippen MR) is 225 cm³/mol. The van der Waals surface area contributed by atoms with Gasteiger partial charge in [-0.05, 0) is 77.0 Å². The molecule has 330 valence electrons. The third kappa shape index (κ3) is 29.6. The Labute approximate surface area is 344 Å². The Hall–Kier alpha value is -2.20. The average Bonchev–Trinajstić information content (AvgIpc) is 3.18. The average molecular weight is 829 g/mol. The van der Waals surface area contributed by atoms with Crippen LogP contribution in [0, 0.1) is 0 Å². The highest BCUT2D eigenvalue weighted by Crippen LogP contribution is 2.26. The molecule has 1 aliphatic rings. The first kappa shape index (κ1) is 52.8. The van der Waals surface area contributed by atoms with E-state index < -0.39 is 59.8 Å². The SMILES string of the molecule is CC/C=C\C/C=C\C/C=C\C/C=C\CCCCCOCC(COC1OC(CO)C(O)C(OS(=O)(=O)O)C1O)OC(=O)CCCCCCC/C=C\CCCCCCC. The van der Waals surface area contributed by atoms with Crippen molar-refractivity contribution < 1.29 is 56.2 Å². The van der Waals surface area contributed by atoms with E-state index in [-0.39, 0.29) is 19.6 Å². The zero-order chi connectivity index (χ0) is 41.8. The lowest BCUT2D eigenvalue weighted by molar-refractivity contribution is -0.301. The molecule has 0 amide bonds. The van der Waals surface area contributed by atoms with Crippen molar-refractivity contribution in [2.24, 2.45) is 0 Å². The number of carbonyl (C=O) groups excluding carboxylic acids is 1. The number of hydrogen-bond acceptors (Lipinski definition) is 11. The highest BCUT2D eigenvalue weighted by Gasteiger charge is 2.48. The largest absolute Gasteiger partial charge is 0.457 e. The zero-order valence-electron chi connectivity index (χ0n) is 34.9. The van der Waals surface area contributed by atoms with Crippen molar-refractivity contribution in [3.05, 3.63) is 60.8 Å². The van der Waals surface area contributed by atoms with Gasteiger partial charge in [0.1, 0.15) is 30.5 Å². The van der Waals surface area contributed by atoms with Gasteiger partial charge < -0.3 is 34.3 Å². The summed E-state index contributed by atoms with van der Waals surface area (Å²) in [6.07, 6.45) is 34.0. The number of aliphatic hydroxyl groups excluding tert-OH is 3. The van der Waals surface area contributed by atoms with Crippen LogP contribution in [0.4, 0.5) is 0 Å². The normalized spacial score (nSPS) is 21.3. The molecule has 1 rings (SSSR count). The van der Waals surface area contributed by atoms with E-state index in [0.29, 0.717) is 13.0 Å². The molecule has 6 atom stereocenters. The molecule has 1 fully saturated rings. The molecule has 0 bridgehead atoms. The van der Waals surface area contributed by atoms with Crippen LogP contribution in [-0.4, -0.2) is 97.5 Å². The minimum absolute atomic E-state index is 0.00861. The fraction of sp³-hybridized carbons (Fsp3) is 0.750. The summed E-state index contributed by atoms with van der Waals surface area (Å²) in [6, 6.07) is 0. The van der Waals surface area contributed by atoms with Gasteiger partial charge in [0.2, 0.25) is 0 Å². The molecule has 57 heavy (non-hydrogen) atoms. The van der Waals surface area contributed by atoms with E-state index in [0.717, 1.165) is 89.9 Å². The number of aliphatic hydroxyl groups is 3. The molecule has 1 heterocycles. The number of unbranched alkanes of at least 4 members (excludes halogenated alkanes) is 13. The molecule has 1 saturated heterocycles. The number of allylic oxidation sites excluding steroid dienone is 10. The van der Waals surface area contributed by atoms with E-state index in [1.165, 1.54) is 32.1 Å². The standard InChI is InChI=1S/C44H76O12S/c1-3-5-7-9-11-13-15-17-19-20-22-24-26-28-30-32-34-52-36-38(37-53-44-42(48)43(56-57(49,50)51)41(47)39(35-45)55-44)54-40(46)33-31-29-27-25-23-21-18-16-14-12-10-8-6-4-2/h5,7,11,13,16-19,22,24,38-39,41-45,47-48H,3-4,6,8-10,12,14-15,20-21,23,25-37H2,1-2H3,(H,49,50,51)/b7-5-,13-11-,18-16-,19-17-,24-22-. The van der Waals surface area contributed by atoms with Crippen LogP contribution in [0.2, 0.25) is 0 Å². The molecule has 12 nitrogen and oxygen atoms in total. The van der Waals surface area contributed by atoms with Gasteiger partial charge in [-0.15, -0.1) is 0 Å². The fourth-order valence-corrected chi connectivity index (χ4v) is 6.64. The highest BCUT2D eigenvalue weighted by atomic mass is 32.3. The maximum Gasteiger partial charge on any atom is 0.397 e. The molecular weight excluding hydrogens is 753 g/mol. The Balaban J connectivity index is 2.50. The number of hydrogen-bond donors (Lipinski definition) is 4. The van der Waals surface area contributed by atoms with Gasteiger partial charge in [0.15, 0.2) is 6.29 Å². The van der Waals surface area contributed by atoms with E-state index in [4.69, 9.17) is 23.5 Å². The summed E-state index contributed by atoms with van der Waals surface area (Å²) < 4.78 is 58.9.